The summed E-state index contributed by atoms with van der Waals surface area (Å²) in [6.45, 7) is -4.41. The first-order valence-electron chi connectivity index (χ1n) is 9.58. The van der Waals surface area contributed by atoms with Crippen LogP contribution in [0.2, 0.25) is 0 Å². The van der Waals surface area contributed by atoms with Crippen molar-refractivity contribution in [1.29, 1.82) is 0 Å². The quantitative estimate of drug-likeness (QED) is 0.453. The first kappa shape index (κ1) is 23.3. The monoisotopic (exact) mass is 466 g/mol. The minimum absolute atomic E-state index is 0.0270. The normalized spacial score (nSPS) is 21.9. The molecule has 12 heteroatoms. The summed E-state index contributed by atoms with van der Waals surface area (Å²) in [5.74, 6) is -0.777. The number of piperazine rings is 1. The molecule has 172 valence electrons. The van der Waals surface area contributed by atoms with Gasteiger partial charge in [0.15, 0.2) is 9.84 Å². The second kappa shape index (κ2) is 9.86. The molecule has 1 amide bonds. The molecular formula is C19H22F4N2O5S. The highest BCUT2D eigenvalue weighted by molar-refractivity contribution is 7.91. The van der Waals surface area contributed by atoms with Crippen LogP contribution in [-0.4, -0.2) is 81.1 Å². The summed E-state index contributed by atoms with van der Waals surface area (Å²) in [5, 5.41) is 0. The zero-order chi connectivity index (χ0) is 22.6. The van der Waals surface area contributed by atoms with Gasteiger partial charge >= 0.3 is 13.2 Å². The number of nitrogens with zero attached hydrogens (tertiary/aromatic N) is 2. The third-order valence-corrected chi connectivity index (χ3v) is 6.93. The van der Waals surface area contributed by atoms with Crippen molar-refractivity contribution >= 4 is 21.8 Å². The molecule has 1 aromatic carbocycles. The van der Waals surface area contributed by atoms with Gasteiger partial charge < -0.3 is 14.4 Å². The lowest BCUT2D eigenvalue weighted by Gasteiger charge is -2.37. The summed E-state index contributed by atoms with van der Waals surface area (Å²) >= 11 is 0. The SMILES string of the molecule is O=C(/C=C/c1ccc(OC(F)F)cc1OC(F)F)N1CCN(C2CCS(=O)(=O)C2)CC1. The summed E-state index contributed by atoms with van der Waals surface area (Å²) in [7, 11) is -2.99. The van der Waals surface area contributed by atoms with Gasteiger partial charge in [-0.1, -0.05) is 0 Å². The van der Waals surface area contributed by atoms with Crippen LogP contribution in [0, 0.1) is 0 Å². The molecule has 0 aromatic heterocycles. The number of alkyl halides is 4. The van der Waals surface area contributed by atoms with E-state index in [9.17, 15) is 30.8 Å². The van der Waals surface area contributed by atoms with Gasteiger partial charge in [-0.15, -0.1) is 0 Å². The van der Waals surface area contributed by atoms with Crippen molar-refractivity contribution in [3.05, 3.63) is 29.8 Å². The summed E-state index contributed by atoms with van der Waals surface area (Å²) in [5.41, 5.74) is 0.102. The molecular weight excluding hydrogens is 444 g/mol. The Morgan fingerprint density at radius 1 is 1.06 bits per heavy atom. The number of hydrogen-bond donors (Lipinski definition) is 0. The van der Waals surface area contributed by atoms with Gasteiger partial charge in [0, 0.05) is 49.9 Å². The molecule has 0 bridgehead atoms. The third kappa shape index (κ3) is 6.57. The molecule has 1 aromatic rings. The molecule has 31 heavy (non-hydrogen) atoms. The predicted octanol–water partition coefficient (Wildman–Crippen LogP) is 2.23. The fourth-order valence-corrected chi connectivity index (χ4v) is 5.43. The van der Waals surface area contributed by atoms with Crippen molar-refractivity contribution in [2.45, 2.75) is 25.7 Å². The fourth-order valence-electron chi connectivity index (χ4n) is 3.66. The zero-order valence-electron chi connectivity index (χ0n) is 16.4. The van der Waals surface area contributed by atoms with Crippen LogP contribution in [0.5, 0.6) is 11.5 Å². The number of sulfone groups is 1. The van der Waals surface area contributed by atoms with E-state index in [1.54, 1.807) is 4.90 Å². The molecule has 3 rings (SSSR count). The molecule has 2 aliphatic heterocycles. The summed E-state index contributed by atoms with van der Waals surface area (Å²) < 4.78 is 81.8. The van der Waals surface area contributed by atoms with E-state index in [4.69, 9.17) is 0 Å². The zero-order valence-corrected chi connectivity index (χ0v) is 17.2. The lowest BCUT2D eigenvalue weighted by atomic mass is 10.1. The molecule has 2 fully saturated rings. The van der Waals surface area contributed by atoms with E-state index in [0.29, 0.717) is 32.6 Å². The molecule has 0 spiro atoms. The maximum absolute atomic E-state index is 12.6. The van der Waals surface area contributed by atoms with Crippen molar-refractivity contribution in [2.75, 3.05) is 37.7 Å². The van der Waals surface area contributed by atoms with Gasteiger partial charge in [-0.05, 0) is 24.6 Å². The number of hydrogen-bond acceptors (Lipinski definition) is 6. The smallest absolute Gasteiger partial charge is 0.387 e. The maximum Gasteiger partial charge on any atom is 0.387 e. The largest absolute Gasteiger partial charge is 0.435 e. The van der Waals surface area contributed by atoms with E-state index in [1.165, 1.54) is 18.2 Å². The Balaban J connectivity index is 1.60. The minimum atomic E-state index is -3.18. The molecule has 1 unspecified atom stereocenters. The Morgan fingerprint density at radius 3 is 2.32 bits per heavy atom. The molecule has 2 saturated heterocycles. The lowest BCUT2D eigenvalue weighted by molar-refractivity contribution is -0.127. The number of amides is 1. The molecule has 7 nitrogen and oxygen atoms in total. The number of carbonyl (C=O) groups is 1. The average molecular weight is 466 g/mol. The van der Waals surface area contributed by atoms with Crippen molar-refractivity contribution in [3.8, 4) is 11.5 Å². The Hall–Kier alpha value is -2.34. The molecule has 1 atom stereocenters. The van der Waals surface area contributed by atoms with E-state index in [1.807, 2.05) is 0 Å². The predicted molar refractivity (Wildman–Crippen MR) is 104 cm³/mol. The van der Waals surface area contributed by atoms with Crippen molar-refractivity contribution in [1.82, 2.24) is 9.80 Å². The average Bonchev–Trinajstić information content (AvgIpc) is 3.06. The van der Waals surface area contributed by atoms with Crippen LogP contribution < -0.4 is 9.47 Å². The fraction of sp³-hybridized carbons (Fsp3) is 0.526. The Bertz CT molecular complexity index is 918. The molecule has 0 saturated carbocycles. The minimum Gasteiger partial charge on any atom is -0.435 e. The topological polar surface area (TPSA) is 76.2 Å². The van der Waals surface area contributed by atoms with E-state index >= 15 is 0 Å². The molecule has 2 heterocycles. The van der Waals surface area contributed by atoms with Crippen LogP contribution in [0.3, 0.4) is 0 Å². The van der Waals surface area contributed by atoms with Crippen molar-refractivity contribution in [2.24, 2.45) is 0 Å². The Labute approximate surface area is 177 Å². The highest BCUT2D eigenvalue weighted by atomic mass is 32.2. The standard InChI is InChI=1S/C19H22F4N2O5S/c20-18(21)29-15-3-1-13(16(11-15)30-19(22)23)2-4-17(26)25-8-6-24(7-9-25)14-5-10-31(27,28)12-14/h1-4,11,14,18-19H,5-10,12H2/b4-2+. The number of ether oxygens (including phenoxy) is 2. The summed E-state index contributed by atoms with van der Waals surface area (Å²) in [4.78, 5) is 16.1. The molecule has 0 aliphatic carbocycles. The van der Waals surface area contributed by atoms with Gasteiger partial charge in [0.25, 0.3) is 0 Å². The number of carbonyl (C=O) groups excluding carboxylic acids is 1. The van der Waals surface area contributed by atoms with E-state index in [0.717, 1.165) is 12.1 Å². The van der Waals surface area contributed by atoms with Gasteiger partial charge in [0.1, 0.15) is 11.5 Å². The van der Waals surface area contributed by atoms with Crippen molar-refractivity contribution in [3.63, 3.8) is 0 Å². The van der Waals surface area contributed by atoms with Crippen LogP contribution in [0.4, 0.5) is 17.6 Å². The van der Waals surface area contributed by atoms with Crippen LogP contribution in [-0.2, 0) is 14.6 Å². The van der Waals surface area contributed by atoms with Crippen LogP contribution in [0.25, 0.3) is 6.08 Å². The number of halogens is 4. The second-order valence-corrected chi connectivity index (χ2v) is 9.44. The summed E-state index contributed by atoms with van der Waals surface area (Å²) in [6.07, 6.45) is 3.05. The van der Waals surface area contributed by atoms with Crippen molar-refractivity contribution < 1.29 is 40.2 Å². The van der Waals surface area contributed by atoms with Gasteiger partial charge in [0.05, 0.1) is 11.5 Å². The van der Waals surface area contributed by atoms with Gasteiger partial charge in [-0.2, -0.15) is 17.6 Å². The van der Waals surface area contributed by atoms with Gasteiger partial charge in [-0.25, -0.2) is 8.42 Å². The second-order valence-electron chi connectivity index (χ2n) is 7.21. The van der Waals surface area contributed by atoms with Crippen LogP contribution >= 0.6 is 0 Å². The van der Waals surface area contributed by atoms with Crippen LogP contribution in [0.15, 0.2) is 24.3 Å². The van der Waals surface area contributed by atoms with Crippen LogP contribution in [0.1, 0.15) is 12.0 Å². The van der Waals surface area contributed by atoms with E-state index in [-0.39, 0.29) is 34.8 Å². The molecule has 0 N–H and O–H groups in total. The van der Waals surface area contributed by atoms with E-state index < -0.39 is 28.8 Å². The highest BCUT2D eigenvalue weighted by Gasteiger charge is 2.34. The summed E-state index contributed by atoms with van der Waals surface area (Å²) in [6, 6.07) is 3.26. The lowest BCUT2D eigenvalue weighted by Crippen LogP contribution is -2.52. The van der Waals surface area contributed by atoms with E-state index in [2.05, 4.69) is 14.4 Å². The maximum atomic E-state index is 12.6. The first-order valence-corrected chi connectivity index (χ1v) is 11.4. The number of benzene rings is 1. The van der Waals surface area contributed by atoms with Gasteiger partial charge in [0.2, 0.25) is 5.91 Å². The highest BCUT2D eigenvalue weighted by Crippen LogP contribution is 2.28. The first-order chi connectivity index (χ1) is 14.6. The molecule has 2 aliphatic rings. The number of rotatable bonds is 7. The Morgan fingerprint density at radius 2 is 1.74 bits per heavy atom. The third-order valence-electron chi connectivity index (χ3n) is 5.18. The molecule has 0 radical (unpaired) electrons. The Kier molecular flexibility index (Phi) is 7.42. The van der Waals surface area contributed by atoms with Gasteiger partial charge in [-0.3, -0.25) is 9.69 Å².